The molecule has 0 fully saturated rings. The molecule has 0 aliphatic heterocycles. The third-order valence-corrected chi connectivity index (χ3v) is 4.02. The van der Waals surface area contributed by atoms with Gasteiger partial charge in [0.25, 0.3) is 0 Å². The molecule has 0 saturated carbocycles. The van der Waals surface area contributed by atoms with Crippen molar-refractivity contribution in [1.82, 2.24) is 4.98 Å². The molecule has 0 aliphatic carbocycles. The normalized spacial score (nSPS) is 11.2. The number of sulfone groups is 1. The molecule has 1 heterocycles. The number of ether oxygens (including phenoxy) is 1. The molecule has 22 heavy (non-hydrogen) atoms. The number of pyridine rings is 1. The molecule has 0 atom stereocenters. The van der Waals surface area contributed by atoms with Crippen molar-refractivity contribution in [2.75, 3.05) is 29.6 Å². The molecule has 5 N–H and O–H groups in total. The molecule has 2 rings (SSSR count). The van der Waals surface area contributed by atoms with E-state index in [1.807, 2.05) is 6.92 Å². The zero-order chi connectivity index (χ0) is 16.3. The fraction of sp³-hybridized carbons (Fsp3) is 0.214. The van der Waals surface area contributed by atoms with Gasteiger partial charge in [-0.15, -0.1) is 0 Å². The van der Waals surface area contributed by atoms with Crippen LogP contribution in [-0.4, -0.2) is 26.3 Å². The van der Waals surface area contributed by atoms with Crippen LogP contribution in [0.15, 0.2) is 35.2 Å². The van der Waals surface area contributed by atoms with E-state index in [9.17, 15) is 8.42 Å². The highest BCUT2D eigenvalue weighted by Gasteiger charge is 2.10. The first-order valence-electron chi connectivity index (χ1n) is 6.57. The van der Waals surface area contributed by atoms with Crippen LogP contribution in [0, 0.1) is 0 Å². The van der Waals surface area contributed by atoms with Gasteiger partial charge in [-0.25, -0.2) is 8.42 Å². The van der Waals surface area contributed by atoms with Gasteiger partial charge in [0.2, 0.25) is 5.88 Å². The standard InChI is InChI=1S/C14H18N4O3S/c1-3-21-14-13(16)11(15)8-12(18-14)17-9-4-6-10(7-5-9)22(2,19)20/h4-8H,3,16H2,1-2H3,(H3,15,17,18). The minimum Gasteiger partial charge on any atom is -0.476 e. The number of nitrogen functional groups attached to an aromatic ring is 2. The van der Waals surface area contributed by atoms with Crippen LogP contribution in [0.4, 0.5) is 22.9 Å². The predicted molar refractivity (Wildman–Crippen MR) is 87.1 cm³/mol. The fourth-order valence-corrected chi connectivity index (χ4v) is 2.43. The van der Waals surface area contributed by atoms with E-state index in [2.05, 4.69) is 10.3 Å². The lowest BCUT2D eigenvalue weighted by molar-refractivity contribution is 0.329. The van der Waals surface area contributed by atoms with Crippen LogP contribution in [0.5, 0.6) is 5.88 Å². The summed E-state index contributed by atoms with van der Waals surface area (Å²) in [5.74, 6) is 0.722. The van der Waals surface area contributed by atoms with Crippen molar-refractivity contribution in [3.63, 3.8) is 0 Å². The number of nitrogens with two attached hydrogens (primary N) is 2. The SMILES string of the molecule is CCOc1nc(Nc2ccc(S(C)(=O)=O)cc2)cc(N)c1N. The van der Waals surface area contributed by atoms with Gasteiger partial charge in [-0.05, 0) is 31.2 Å². The van der Waals surface area contributed by atoms with E-state index >= 15 is 0 Å². The van der Waals surface area contributed by atoms with E-state index in [1.165, 1.54) is 12.1 Å². The number of aromatic nitrogens is 1. The molecular formula is C14H18N4O3S. The summed E-state index contributed by atoms with van der Waals surface area (Å²) in [4.78, 5) is 4.48. The Morgan fingerprint density at radius 1 is 1.23 bits per heavy atom. The predicted octanol–water partition coefficient (Wildman–Crippen LogP) is 1.79. The lowest BCUT2D eigenvalue weighted by Gasteiger charge is -2.12. The zero-order valence-corrected chi connectivity index (χ0v) is 13.1. The van der Waals surface area contributed by atoms with Crippen molar-refractivity contribution >= 4 is 32.7 Å². The van der Waals surface area contributed by atoms with E-state index in [0.717, 1.165) is 6.26 Å². The Kier molecular flexibility index (Phi) is 4.41. The molecule has 2 aromatic rings. The summed E-state index contributed by atoms with van der Waals surface area (Å²) >= 11 is 0. The molecule has 118 valence electrons. The number of anilines is 4. The highest BCUT2D eigenvalue weighted by Crippen LogP contribution is 2.29. The maximum atomic E-state index is 11.4. The molecule has 0 spiro atoms. The van der Waals surface area contributed by atoms with Crippen molar-refractivity contribution in [2.45, 2.75) is 11.8 Å². The second-order valence-electron chi connectivity index (χ2n) is 4.67. The fourth-order valence-electron chi connectivity index (χ4n) is 1.79. The Labute approximate surface area is 129 Å². The van der Waals surface area contributed by atoms with Crippen LogP contribution in [0.3, 0.4) is 0 Å². The van der Waals surface area contributed by atoms with Gasteiger partial charge in [-0.1, -0.05) is 0 Å². The first-order chi connectivity index (χ1) is 10.3. The maximum Gasteiger partial charge on any atom is 0.241 e. The number of hydrogen-bond donors (Lipinski definition) is 3. The summed E-state index contributed by atoms with van der Waals surface area (Å²) in [5.41, 5.74) is 12.9. The third kappa shape index (κ3) is 3.59. The average molecular weight is 322 g/mol. The molecular weight excluding hydrogens is 304 g/mol. The lowest BCUT2D eigenvalue weighted by Crippen LogP contribution is -2.05. The van der Waals surface area contributed by atoms with Crippen LogP contribution in [-0.2, 0) is 9.84 Å². The minimum atomic E-state index is -3.22. The van der Waals surface area contributed by atoms with Crippen LogP contribution in [0.1, 0.15) is 6.92 Å². The van der Waals surface area contributed by atoms with E-state index in [0.29, 0.717) is 29.5 Å². The van der Waals surface area contributed by atoms with Crippen LogP contribution in [0.25, 0.3) is 0 Å². The van der Waals surface area contributed by atoms with Gasteiger partial charge >= 0.3 is 0 Å². The second kappa shape index (κ2) is 6.10. The number of benzene rings is 1. The lowest BCUT2D eigenvalue weighted by atomic mass is 10.3. The summed E-state index contributed by atoms with van der Waals surface area (Å²) in [6.45, 7) is 2.24. The summed E-state index contributed by atoms with van der Waals surface area (Å²) in [5, 5.41) is 3.03. The van der Waals surface area contributed by atoms with Gasteiger partial charge in [0.05, 0.1) is 17.2 Å². The highest BCUT2D eigenvalue weighted by molar-refractivity contribution is 7.90. The smallest absolute Gasteiger partial charge is 0.241 e. The van der Waals surface area contributed by atoms with Crippen LogP contribution in [0.2, 0.25) is 0 Å². The van der Waals surface area contributed by atoms with E-state index < -0.39 is 9.84 Å². The molecule has 0 amide bonds. The molecule has 1 aromatic heterocycles. The van der Waals surface area contributed by atoms with E-state index in [1.54, 1.807) is 18.2 Å². The third-order valence-electron chi connectivity index (χ3n) is 2.89. The Morgan fingerprint density at radius 3 is 2.41 bits per heavy atom. The summed E-state index contributed by atoms with van der Waals surface area (Å²) in [6.07, 6.45) is 1.16. The quantitative estimate of drug-likeness (QED) is 0.767. The molecule has 8 heteroatoms. The first kappa shape index (κ1) is 15.9. The summed E-state index contributed by atoms with van der Waals surface area (Å²) in [7, 11) is -3.22. The van der Waals surface area contributed by atoms with Crippen LogP contribution < -0.4 is 21.5 Å². The van der Waals surface area contributed by atoms with Crippen LogP contribution >= 0.6 is 0 Å². The Balaban J connectivity index is 2.27. The van der Waals surface area contributed by atoms with Crippen molar-refractivity contribution in [3.8, 4) is 5.88 Å². The van der Waals surface area contributed by atoms with Crippen molar-refractivity contribution in [2.24, 2.45) is 0 Å². The van der Waals surface area contributed by atoms with Gasteiger partial charge in [-0.3, -0.25) is 0 Å². The number of nitrogens with one attached hydrogen (secondary N) is 1. The zero-order valence-electron chi connectivity index (χ0n) is 12.3. The maximum absolute atomic E-state index is 11.4. The Hall–Kier alpha value is -2.48. The van der Waals surface area contributed by atoms with E-state index in [4.69, 9.17) is 16.2 Å². The summed E-state index contributed by atoms with van der Waals surface area (Å²) in [6, 6.07) is 7.90. The summed E-state index contributed by atoms with van der Waals surface area (Å²) < 4.78 is 28.2. The van der Waals surface area contributed by atoms with Gasteiger partial charge in [0, 0.05) is 18.0 Å². The number of nitrogens with zero attached hydrogens (tertiary/aromatic N) is 1. The van der Waals surface area contributed by atoms with Crippen molar-refractivity contribution in [1.29, 1.82) is 0 Å². The van der Waals surface area contributed by atoms with Gasteiger partial charge in [0.15, 0.2) is 9.84 Å². The van der Waals surface area contributed by atoms with Gasteiger partial charge in [-0.2, -0.15) is 4.98 Å². The second-order valence-corrected chi connectivity index (χ2v) is 6.69. The average Bonchev–Trinajstić information content (AvgIpc) is 2.44. The monoisotopic (exact) mass is 322 g/mol. The molecule has 0 saturated heterocycles. The molecule has 0 unspecified atom stereocenters. The molecule has 0 aliphatic rings. The van der Waals surface area contributed by atoms with Crippen molar-refractivity contribution in [3.05, 3.63) is 30.3 Å². The molecule has 0 bridgehead atoms. The van der Waals surface area contributed by atoms with Gasteiger partial charge in [0.1, 0.15) is 11.5 Å². The van der Waals surface area contributed by atoms with Crippen molar-refractivity contribution < 1.29 is 13.2 Å². The molecule has 0 radical (unpaired) electrons. The first-order valence-corrected chi connectivity index (χ1v) is 8.46. The highest BCUT2D eigenvalue weighted by atomic mass is 32.2. The minimum absolute atomic E-state index is 0.248. The van der Waals surface area contributed by atoms with E-state index in [-0.39, 0.29) is 10.8 Å². The number of rotatable bonds is 5. The largest absolute Gasteiger partial charge is 0.476 e. The Bertz CT molecular complexity index is 773. The number of hydrogen-bond acceptors (Lipinski definition) is 7. The molecule has 7 nitrogen and oxygen atoms in total. The molecule has 1 aromatic carbocycles. The Morgan fingerprint density at radius 2 is 1.86 bits per heavy atom. The van der Waals surface area contributed by atoms with Gasteiger partial charge < -0.3 is 21.5 Å². The topological polar surface area (TPSA) is 120 Å².